The maximum atomic E-state index is 11.9. The van der Waals surface area contributed by atoms with Crippen molar-refractivity contribution in [3.05, 3.63) is 23.8 Å². The molecule has 34 heavy (non-hydrogen) atoms. The highest BCUT2D eigenvalue weighted by molar-refractivity contribution is 5.88. The molecule has 0 saturated carbocycles. The number of carbonyl (C=O) groups is 1. The van der Waals surface area contributed by atoms with Gasteiger partial charge in [0.15, 0.2) is 11.5 Å². The molecule has 1 aromatic carbocycles. The van der Waals surface area contributed by atoms with E-state index in [9.17, 15) is 4.79 Å². The summed E-state index contributed by atoms with van der Waals surface area (Å²) in [6, 6.07) is 3.86. The lowest BCUT2D eigenvalue weighted by Crippen LogP contribution is -2.07. The second-order valence-electron chi connectivity index (χ2n) is 8.62. The molecular formula is C29H48O5. The zero-order valence-electron chi connectivity index (χ0n) is 22.2. The van der Waals surface area contributed by atoms with Gasteiger partial charge in [-0.2, -0.15) is 0 Å². The maximum absolute atomic E-state index is 11.9. The summed E-state index contributed by atoms with van der Waals surface area (Å²) in [5.74, 6) is 1.64. The minimum absolute atomic E-state index is 0.348. The van der Waals surface area contributed by atoms with Crippen LogP contribution in [0.3, 0.4) is 0 Å². The average molecular weight is 477 g/mol. The Hall–Kier alpha value is -2.17. The van der Waals surface area contributed by atoms with Crippen molar-refractivity contribution >= 4 is 12.0 Å². The predicted molar refractivity (Wildman–Crippen MR) is 141 cm³/mol. The number of unbranched alkanes of at least 4 members (excludes halogenated alkanes) is 9. The molecule has 0 radical (unpaired) electrons. The molecule has 5 nitrogen and oxygen atoms in total. The molecule has 0 heterocycles. The number of rotatable bonds is 21. The van der Waals surface area contributed by atoms with Gasteiger partial charge in [-0.25, -0.2) is 4.79 Å². The minimum Gasteiger partial charge on any atom is -0.490 e. The molecule has 1 aromatic rings. The number of hydrogen-bond donors (Lipinski definition) is 0. The van der Waals surface area contributed by atoms with Crippen LogP contribution in [0.25, 0.3) is 6.08 Å². The van der Waals surface area contributed by atoms with Gasteiger partial charge in [-0.3, -0.25) is 0 Å². The largest absolute Gasteiger partial charge is 0.490 e. The Morgan fingerprint density at radius 3 is 1.74 bits per heavy atom. The number of esters is 1. The summed E-state index contributed by atoms with van der Waals surface area (Å²) in [5.41, 5.74) is 0.797. The quantitative estimate of drug-likeness (QED) is 0.102. The van der Waals surface area contributed by atoms with E-state index in [1.165, 1.54) is 44.6 Å². The number of carbonyl (C=O) groups excluding carboxylic acids is 1. The van der Waals surface area contributed by atoms with Crippen LogP contribution >= 0.6 is 0 Å². The first kappa shape index (κ1) is 29.9. The van der Waals surface area contributed by atoms with Gasteiger partial charge in [0.25, 0.3) is 0 Å². The summed E-state index contributed by atoms with van der Waals surface area (Å²) in [5, 5.41) is 0. The van der Waals surface area contributed by atoms with Crippen LogP contribution < -0.4 is 14.2 Å². The molecule has 0 aliphatic carbocycles. The summed E-state index contributed by atoms with van der Waals surface area (Å²) >= 11 is 0. The van der Waals surface area contributed by atoms with E-state index >= 15 is 0 Å². The van der Waals surface area contributed by atoms with Crippen LogP contribution in [0.1, 0.15) is 110 Å². The highest BCUT2D eigenvalue weighted by atomic mass is 16.5. The standard InChI is InChI=1S/C29H48O5/c1-5-9-12-15-22-32-26-20-18-25(19-21-27(30)31-8-4)28(33-23-16-13-10-6-2)29(26)34-24-17-14-11-7-3/h18-21H,5-17,22-24H2,1-4H3. The van der Waals surface area contributed by atoms with E-state index in [4.69, 9.17) is 18.9 Å². The zero-order valence-corrected chi connectivity index (χ0v) is 22.2. The van der Waals surface area contributed by atoms with Gasteiger partial charge in [0, 0.05) is 11.6 Å². The van der Waals surface area contributed by atoms with Gasteiger partial charge in [-0.15, -0.1) is 0 Å². The molecule has 0 spiro atoms. The molecule has 0 aromatic heterocycles. The monoisotopic (exact) mass is 476 g/mol. The molecule has 0 N–H and O–H groups in total. The third-order valence-electron chi connectivity index (χ3n) is 5.54. The third kappa shape index (κ3) is 12.9. The van der Waals surface area contributed by atoms with Gasteiger partial charge in [0.05, 0.1) is 26.4 Å². The van der Waals surface area contributed by atoms with E-state index in [2.05, 4.69) is 20.8 Å². The lowest BCUT2D eigenvalue weighted by molar-refractivity contribution is -0.137. The Morgan fingerprint density at radius 1 is 0.676 bits per heavy atom. The van der Waals surface area contributed by atoms with Crippen LogP contribution in [0.15, 0.2) is 18.2 Å². The number of hydrogen-bond acceptors (Lipinski definition) is 5. The topological polar surface area (TPSA) is 54.0 Å². The van der Waals surface area contributed by atoms with Crippen molar-refractivity contribution in [2.75, 3.05) is 26.4 Å². The first-order valence-corrected chi connectivity index (χ1v) is 13.6. The van der Waals surface area contributed by atoms with Crippen LogP contribution in [0.5, 0.6) is 17.2 Å². The Kier molecular flexibility index (Phi) is 17.8. The Morgan fingerprint density at radius 2 is 1.21 bits per heavy atom. The highest BCUT2D eigenvalue weighted by Gasteiger charge is 2.17. The normalized spacial score (nSPS) is 11.1. The molecule has 0 aliphatic heterocycles. The summed E-state index contributed by atoms with van der Waals surface area (Å²) < 4.78 is 23.7. The molecule has 0 amide bonds. The molecule has 0 fully saturated rings. The van der Waals surface area contributed by atoms with Gasteiger partial charge in [0.1, 0.15) is 0 Å². The summed E-state index contributed by atoms with van der Waals surface area (Å²) in [6.07, 6.45) is 16.8. The Bertz CT molecular complexity index is 683. The fraction of sp³-hybridized carbons (Fsp3) is 0.690. The van der Waals surface area contributed by atoms with E-state index in [0.29, 0.717) is 43.7 Å². The van der Waals surface area contributed by atoms with E-state index in [1.54, 1.807) is 13.0 Å². The van der Waals surface area contributed by atoms with Gasteiger partial charge in [0.2, 0.25) is 5.75 Å². The molecule has 0 unspecified atom stereocenters. The smallest absolute Gasteiger partial charge is 0.330 e. The van der Waals surface area contributed by atoms with E-state index in [1.807, 2.05) is 12.1 Å². The molecule has 1 rings (SSSR count). The molecule has 5 heteroatoms. The fourth-order valence-electron chi connectivity index (χ4n) is 3.56. The molecule has 194 valence electrons. The third-order valence-corrected chi connectivity index (χ3v) is 5.54. The van der Waals surface area contributed by atoms with Gasteiger partial charge in [-0.05, 0) is 44.4 Å². The zero-order chi connectivity index (χ0) is 24.9. The van der Waals surface area contributed by atoms with Crippen molar-refractivity contribution in [2.24, 2.45) is 0 Å². The maximum Gasteiger partial charge on any atom is 0.330 e. The van der Waals surface area contributed by atoms with Crippen molar-refractivity contribution in [1.29, 1.82) is 0 Å². The lowest BCUT2D eigenvalue weighted by Gasteiger charge is -2.19. The van der Waals surface area contributed by atoms with Crippen LogP contribution in [-0.2, 0) is 9.53 Å². The van der Waals surface area contributed by atoms with E-state index < -0.39 is 0 Å². The van der Waals surface area contributed by atoms with Gasteiger partial charge >= 0.3 is 5.97 Å². The highest BCUT2D eigenvalue weighted by Crippen LogP contribution is 2.41. The predicted octanol–water partition coefficient (Wildman–Crippen LogP) is 8.14. The van der Waals surface area contributed by atoms with Crippen molar-refractivity contribution in [1.82, 2.24) is 0 Å². The second kappa shape index (κ2) is 20.2. The lowest BCUT2D eigenvalue weighted by atomic mass is 10.1. The number of ether oxygens (including phenoxy) is 4. The van der Waals surface area contributed by atoms with Crippen molar-refractivity contribution in [3.63, 3.8) is 0 Å². The van der Waals surface area contributed by atoms with Crippen molar-refractivity contribution < 1.29 is 23.7 Å². The first-order chi connectivity index (χ1) is 16.7. The fourth-order valence-corrected chi connectivity index (χ4v) is 3.56. The SMILES string of the molecule is CCCCCCOc1ccc(C=CC(=O)OCC)c(OCCCCCC)c1OCCCCCC. The van der Waals surface area contributed by atoms with Crippen molar-refractivity contribution in [2.45, 2.75) is 105 Å². The minimum atomic E-state index is -0.366. The first-order valence-electron chi connectivity index (χ1n) is 13.6. The summed E-state index contributed by atoms with van der Waals surface area (Å²) in [4.78, 5) is 11.9. The van der Waals surface area contributed by atoms with Crippen LogP contribution in [0, 0.1) is 0 Å². The average Bonchev–Trinajstić information content (AvgIpc) is 2.84. The Labute approximate surface area is 208 Å². The van der Waals surface area contributed by atoms with Gasteiger partial charge in [-0.1, -0.05) is 78.6 Å². The molecule has 0 saturated heterocycles. The van der Waals surface area contributed by atoms with Crippen molar-refractivity contribution in [3.8, 4) is 17.2 Å². The second-order valence-corrected chi connectivity index (χ2v) is 8.62. The van der Waals surface area contributed by atoms with E-state index in [-0.39, 0.29) is 5.97 Å². The summed E-state index contributed by atoms with van der Waals surface area (Å²) in [7, 11) is 0. The summed E-state index contributed by atoms with van der Waals surface area (Å²) in [6.45, 7) is 10.6. The molecule has 0 bridgehead atoms. The molecule has 0 aliphatic rings. The number of benzene rings is 1. The van der Waals surface area contributed by atoms with Crippen LogP contribution in [0.4, 0.5) is 0 Å². The molecular weight excluding hydrogens is 428 g/mol. The molecule has 0 atom stereocenters. The Balaban J connectivity index is 3.10. The van der Waals surface area contributed by atoms with Crippen LogP contribution in [-0.4, -0.2) is 32.4 Å². The van der Waals surface area contributed by atoms with Gasteiger partial charge < -0.3 is 18.9 Å². The van der Waals surface area contributed by atoms with Crippen LogP contribution in [0.2, 0.25) is 0 Å². The van der Waals surface area contributed by atoms with E-state index in [0.717, 1.165) is 44.1 Å².